The lowest BCUT2D eigenvalue weighted by molar-refractivity contribution is -0.120. The summed E-state index contributed by atoms with van der Waals surface area (Å²) in [4.78, 5) is 19.3. The SMILES string of the molecule is O=C1C2CCCC2=Nc2ccccc2N1Cc1cc(F)cc(F)c1. The molecular weight excluding hydrogens is 310 g/mol. The normalized spacial score (nSPS) is 19.6. The zero-order chi connectivity index (χ0) is 16.7. The predicted octanol–water partition coefficient (Wildman–Crippen LogP) is 4.38. The molecule has 5 heteroatoms. The van der Waals surface area contributed by atoms with Crippen LogP contribution in [0.3, 0.4) is 0 Å². The highest BCUT2D eigenvalue weighted by molar-refractivity contribution is 6.14. The van der Waals surface area contributed by atoms with Crippen LogP contribution in [0, 0.1) is 17.6 Å². The Morgan fingerprint density at radius 2 is 1.88 bits per heavy atom. The van der Waals surface area contributed by atoms with Crippen molar-refractivity contribution in [1.82, 2.24) is 0 Å². The molecule has 0 aromatic heterocycles. The first-order valence-electron chi connectivity index (χ1n) is 8.04. The number of para-hydroxylation sites is 2. The molecule has 0 bridgehead atoms. The number of halogens is 2. The number of nitrogens with zero attached hydrogens (tertiary/aromatic N) is 2. The van der Waals surface area contributed by atoms with Crippen molar-refractivity contribution in [2.75, 3.05) is 4.90 Å². The first kappa shape index (κ1) is 15.0. The van der Waals surface area contributed by atoms with Crippen LogP contribution in [0.4, 0.5) is 20.2 Å². The summed E-state index contributed by atoms with van der Waals surface area (Å²) >= 11 is 0. The molecular formula is C19H16F2N2O. The maximum Gasteiger partial charge on any atom is 0.236 e. The molecule has 0 N–H and O–H groups in total. The summed E-state index contributed by atoms with van der Waals surface area (Å²) in [6.45, 7) is 0.129. The van der Waals surface area contributed by atoms with Gasteiger partial charge in [0.05, 0.1) is 23.8 Å². The van der Waals surface area contributed by atoms with Gasteiger partial charge in [-0.1, -0.05) is 12.1 Å². The van der Waals surface area contributed by atoms with Crippen LogP contribution in [0.25, 0.3) is 0 Å². The minimum absolute atomic E-state index is 0.0409. The molecule has 1 heterocycles. The minimum Gasteiger partial charge on any atom is -0.305 e. The molecule has 2 aromatic rings. The summed E-state index contributed by atoms with van der Waals surface area (Å²) in [7, 11) is 0. The molecule has 0 spiro atoms. The third kappa shape index (κ3) is 2.60. The fourth-order valence-corrected chi connectivity index (χ4v) is 3.52. The number of rotatable bonds is 2. The molecule has 2 aromatic carbocycles. The molecule has 3 nitrogen and oxygen atoms in total. The lowest BCUT2D eigenvalue weighted by Crippen LogP contribution is -2.36. The Bertz CT molecular complexity index is 827. The topological polar surface area (TPSA) is 32.7 Å². The second-order valence-corrected chi connectivity index (χ2v) is 6.24. The average molecular weight is 326 g/mol. The number of benzene rings is 2. The van der Waals surface area contributed by atoms with Gasteiger partial charge in [0.1, 0.15) is 11.6 Å². The van der Waals surface area contributed by atoms with Crippen molar-refractivity contribution >= 4 is 23.0 Å². The van der Waals surface area contributed by atoms with Crippen molar-refractivity contribution in [1.29, 1.82) is 0 Å². The number of anilines is 1. The molecule has 24 heavy (non-hydrogen) atoms. The van der Waals surface area contributed by atoms with Crippen LogP contribution >= 0.6 is 0 Å². The van der Waals surface area contributed by atoms with Crippen LogP contribution in [-0.4, -0.2) is 11.6 Å². The van der Waals surface area contributed by atoms with Gasteiger partial charge < -0.3 is 4.90 Å². The zero-order valence-corrected chi connectivity index (χ0v) is 13.0. The molecule has 4 rings (SSSR count). The maximum atomic E-state index is 13.5. The van der Waals surface area contributed by atoms with E-state index in [1.165, 1.54) is 12.1 Å². The molecule has 1 amide bonds. The molecule has 1 saturated carbocycles. The molecule has 0 saturated heterocycles. The predicted molar refractivity (Wildman–Crippen MR) is 88.4 cm³/mol. The maximum absolute atomic E-state index is 13.5. The van der Waals surface area contributed by atoms with E-state index in [1.54, 1.807) is 4.90 Å². The summed E-state index contributed by atoms with van der Waals surface area (Å²) in [5, 5.41) is 0. The standard InChI is InChI=1S/C19H16F2N2O/c20-13-8-12(9-14(21)10-13)11-23-18-7-2-1-5-17(18)22-16-6-3-4-15(16)19(23)24/h1-2,5,7-10,15H,3-4,6,11H2. The molecule has 1 aliphatic heterocycles. The summed E-state index contributed by atoms with van der Waals surface area (Å²) in [6.07, 6.45) is 2.55. The Kier molecular flexibility index (Phi) is 3.63. The number of amides is 1. The number of hydrogen-bond donors (Lipinski definition) is 0. The van der Waals surface area contributed by atoms with Crippen LogP contribution in [-0.2, 0) is 11.3 Å². The van der Waals surface area contributed by atoms with Crippen LogP contribution in [0.5, 0.6) is 0 Å². The minimum atomic E-state index is -0.640. The van der Waals surface area contributed by atoms with E-state index in [9.17, 15) is 13.6 Å². The Labute approximate surface area is 138 Å². The van der Waals surface area contributed by atoms with E-state index >= 15 is 0 Å². The van der Waals surface area contributed by atoms with Crippen LogP contribution in [0.2, 0.25) is 0 Å². The first-order chi connectivity index (χ1) is 11.6. The van der Waals surface area contributed by atoms with Crippen molar-refractivity contribution in [2.24, 2.45) is 10.9 Å². The molecule has 2 aliphatic rings. The highest BCUT2D eigenvalue weighted by atomic mass is 19.1. The van der Waals surface area contributed by atoms with Crippen molar-refractivity contribution in [3.63, 3.8) is 0 Å². The Balaban J connectivity index is 1.78. The van der Waals surface area contributed by atoms with Crippen molar-refractivity contribution < 1.29 is 13.6 Å². The Morgan fingerprint density at radius 1 is 1.12 bits per heavy atom. The van der Waals surface area contributed by atoms with Gasteiger partial charge in [-0.2, -0.15) is 0 Å². The summed E-state index contributed by atoms with van der Waals surface area (Å²) in [6, 6.07) is 10.8. The highest BCUT2D eigenvalue weighted by Gasteiger charge is 2.36. The molecule has 0 radical (unpaired) electrons. The largest absolute Gasteiger partial charge is 0.305 e. The fourth-order valence-electron chi connectivity index (χ4n) is 3.52. The van der Waals surface area contributed by atoms with E-state index in [2.05, 4.69) is 4.99 Å². The number of carbonyl (C=O) groups is 1. The fraction of sp³-hybridized carbons (Fsp3) is 0.263. The molecule has 1 fully saturated rings. The Hall–Kier alpha value is -2.56. The second kappa shape index (κ2) is 5.82. The van der Waals surface area contributed by atoms with Gasteiger partial charge in [0.2, 0.25) is 5.91 Å². The second-order valence-electron chi connectivity index (χ2n) is 6.24. The van der Waals surface area contributed by atoms with E-state index in [4.69, 9.17) is 0 Å². The quantitative estimate of drug-likeness (QED) is 0.806. The third-order valence-electron chi connectivity index (χ3n) is 4.59. The Morgan fingerprint density at radius 3 is 2.67 bits per heavy atom. The van der Waals surface area contributed by atoms with Crippen LogP contribution < -0.4 is 4.90 Å². The van der Waals surface area contributed by atoms with Gasteiger partial charge in [0.15, 0.2) is 0 Å². The molecule has 122 valence electrons. The lowest BCUT2D eigenvalue weighted by Gasteiger charge is -2.25. The summed E-state index contributed by atoms with van der Waals surface area (Å²) < 4.78 is 27.0. The summed E-state index contributed by atoms with van der Waals surface area (Å²) in [5.41, 5.74) is 2.77. The van der Waals surface area contributed by atoms with Crippen molar-refractivity contribution in [3.8, 4) is 0 Å². The van der Waals surface area contributed by atoms with Gasteiger partial charge in [-0.15, -0.1) is 0 Å². The monoisotopic (exact) mass is 326 g/mol. The summed E-state index contributed by atoms with van der Waals surface area (Å²) in [5.74, 6) is -1.55. The van der Waals surface area contributed by atoms with Crippen molar-refractivity contribution in [3.05, 3.63) is 59.7 Å². The third-order valence-corrected chi connectivity index (χ3v) is 4.59. The van der Waals surface area contributed by atoms with E-state index in [0.717, 1.165) is 36.7 Å². The van der Waals surface area contributed by atoms with Gasteiger partial charge in [0, 0.05) is 11.8 Å². The highest BCUT2D eigenvalue weighted by Crippen LogP contribution is 2.38. The van der Waals surface area contributed by atoms with Crippen LogP contribution in [0.15, 0.2) is 47.5 Å². The van der Waals surface area contributed by atoms with E-state index in [1.807, 2.05) is 24.3 Å². The average Bonchev–Trinajstić information content (AvgIpc) is 2.96. The van der Waals surface area contributed by atoms with Gasteiger partial charge in [-0.05, 0) is 49.1 Å². The number of carbonyl (C=O) groups excluding carboxylic acids is 1. The molecule has 1 aliphatic carbocycles. The smallest absolute Gasteiger partial charge is 0.236 e. The lowest BCUT2D eigenvalue weighted by atomic mass is 10.0. The van der Waals surface area contributed by atoms with Gasteiger partial charge >= 0.3 is 0 Å². The van der Waals surface area contributed by atoms with Gasteiger partial charge in [0.25, 0.3) is 0 Å². The zero-order valence-electron chi connectivity index (χ0n) is 13.0. The van der Waals surface area contributed by atoms with E-state index in [-0.39, 0.29) is 18.4 Å². The number of hydrogen-bond acceptors (Lipinski definition) is 2. The van der Waals surface area contributed by atoms with Gasteiger partial charge in [-0.25, -0.2) is 8.78 Å². The van der Waals surface area contributed by atoms with Crippen LogP contribution in [0.1, 0.15) is 24.8 Å². The van der Waals surface area contributed by atoms with E-state index in [0.29, 0.717) is 11.3 Å². The number of fused-ring (bicyclic) bond motifs is 2. The molecule has 1 unspecified atom stereocenters. The molecule has 1 atom stereocenters. The van der Waals surface area contributed by atoms with Crippen molar-refractivity contribution in [2.45, 2.75) is 25.8 Å². The first-order valence-corrected chi connectivity index (χ1v) is 8.04. The number of aliphatic imine (C=N–C) groups is 1. The van der Waals surface area contributed by atoms with Gasteiger partial charge in [-0.3, -0.25) is 9.79 Å². The van der Waals surface area contributed by atoms with E-state index < -0.39 is 11.6 Å².